The summed E-state index contributed by atoms with van der Waals surface area (Å²) in [6, 6.07) is 0. The van der Waals surface area contributed by atoms with Gasteiger partial charge in [0.2, 0.25) is 0 Å². The minimum absolute atomic E-state index is 0.416. The van der Waals surface area contributed by atoms with E-state index in [-0.39, 0.29) is 0 Å². The molecule has 0 aromatic carbocycles. The van der Waals surface area contributed by atoms with Gasteiger partial charge in [0.25, 0.3) is 0 Å². The molecule has 3 atom stereocenters. The zero-order chi connectivity index (χ0) is 8.97. The van der Waals surface area contributed by atoms with Crippen LogP contribution in [0.2, 0.25) is 0 Å². The van der Waals surface area contributed by atoms with Crippen molar-refractivity contribution in [2.45, 2.75) is 36.6 Å². The zero-order valence-corrected chi connectivity index (χ0v) is 9.22. The lowest BCUT2D eigenvalue weighted by Crippen LogP contribution is -2.31. The second-order valence-electron chi connectivity index (χ2n) is 3.55. The van der Waals surface area contributed by atoms with Crippen molar-refractivity contribution < 1.29 is 4.74 Å². The highest BCUT2D eigenvalue weighted by atomic mass is 79.9. The van der Waals surface area contributed by atoms with E-state index in [0.717, 1.165) is 12.5 Å². The van der Waals surface area contributed by atoms with E-state index in [0.29, 0.717) is 10.9 Å². The molecule has 1 fully saturated rings. The topological polar surface area (TPSA) is 35.2 Å². The predicted octanol–water partition coefficient (Wildman–Crippen LogP) is 1.91. The van der Waals surface area contributed by atoms with Crippen LogP contribution >= 0.6 is 15.9 Å². The summed E-state index contributed by atoms with van der Waals surface area (Å²) < 4.78 is 5.35. The highest BCUT2D eigenvalue weighted by molar-refractivity contribution is 9.09. The largest absolute Gasteiger partial charge is 0.380 e. The minimum atomic E-state index is 0.416. The van der Waals surface area contributed by atoms with Gasteiger partial charge in [0.05, 0.1) is 6.10 Å². The Morgan fingerprint density at radius 2 is 2.25 bits per heavy atom. The molecule has 1 aliphatic carbocycles. The fourth-order valence-corrected chi connectivity index (χ4v) is 2.94. The SMILES string of the molecule is COC1CCC(CCN)CC1Br. The van der Waals surface area contributed by atoms with Crippen LogP contribution in [0, 0.1) is 5.92 Å². The van der Waals surface area contributed by atoms with Crippen LogP contribution in [0.4, 0.5) is 0 Å². The van der Waals surface area contributed by atoms with Crippen LogP contribution in [0.25, 0.3) is 0 Å². The van der Waals surface area contributed by atoms with Crippen molar-refractivity contribution >= 4 is 15.9 Å². The van der Waals surface area contributed by atoms with Crippen molar-refractivity contribution in [3.63, 3.8) is 0 Å². The number of alkyl halides is 1. The summed E-state index contributed by atoms with van der Waals surface area (Å²) in [6.45, 7) is 0.821. The third-order valence-electron chi connectivity index (χ3n) is 2.70. The van der Waals surface area contributed by atoms with E-state index in [4.69, 9.17) is 10.5 Å². The molecule has 1 rings (SSSR count). The van der Waals surface area contributed by atoms with Gasteiger partial charge in [-0.2, -0.15) is 0 Å². The molecule has 0 aliphatic heterocycles. The second-order valence-corrected chi connectivity index (χ2v) is 4.72. The van der Waals surface area contributed by atoms with Gasteiger partial charge in [-0.05, 0) is 38.1 Å². The molecule has 3 unspecified atom stereocenters. The smallest absolute Gasteiger partial charge is 0.0696 e. The first kappa shape index (κ1) is 10.5. The summed E-state index contributed by atoms with van der Waals surface area (Å²) in [6.07, 6.45) is 5.25. The Labute approximate surface area is 83.0 Å². The molecule has 0 saturated heterocycles. The van der Waals surface area contributed by atoms with Crippen LogP contribution in [0.5, 0.6) is 0 Å². The van der Waals surface area contributed by atoms with Crippen LogP contribution in [-0.2, 0) is 4.74 Å². The first-order valence-electron chi connectivity index (χ1n) is 4.64. The van der Waals surface area contributed by atoms with E-state index >= 15 is 0 Å². The second kappa shape index (κ2) is 5.20. The van der Waals surface area contributed by atoms with Gasteiger partial charge in [-0.3, -0.25) is 0 Å². The third kappa shape index (κ3) is 2.71. The summed E-state index contributed by atoms with van der Waals surface area (Å²) >= 11 is 3.66. The maximum absolute atomic E-state index is 5.53. The molecule has 0 aromatic rings. The summed E-state index contributed by atoms with van der Waals surface area (Å²) in [7, 11) is 1.79. The van der Waals surface area contributed by atoms with Gasteiger partial charge in [-0.25, -0.2) is 0 Å². The Morgan fingerprint density at radius 1 is 1.50 bits per heavy atom. The van der Waals surface area contributed by atoms with Gasteiger partial charge in [-0.15, -0.1) is 0 Å². The van der Waals surface area contributed by atoms with E-state index in [1.54, 1.807) is 7.11 Å². The highest BCUT2D eigenvalue weighted by Crippen LogP contribution is 2.32. The van der Waals surface area contributed by atoms with Gasteiger partial charge in [-0.1, -0.05) is 15.9 Å². The average molecular weight is 236 g/mol. The van der Waals surface area contributed by atoms with Crippen LogP contribution < -0.4 is 5.73 Å². The van der Waals surface area contributed by atoms with E-state index in [1.165, 1.54) is 25.7 Å². The number of hydrogen-bond acceptors (Lipinski definition) is 2. The molecular weight excluding hydrogens is 218 g/mol. The summed E-state index contributed by atoms with van der Waals surface area (Å²) in [5.74, 6) is 0.811. The summed E-state index contributed by atoms with van der Waals surface area (Å²) in [5.41, 5.74) is 5.53. The molecule has 1 saturated carbocycles. The van der Waals surface area contributed by atoms with Crippen LogP contribution in [0.15, 0.2) is 0 Å². The Bertz CT molecular complexity index is 132. The van der Waals surface area contributed by atoms with Gasteiger partial charge in [0.15, 0.2) is 0 Å². The molecule has 2 nitrogen and oxygen atoms in total. The van der Waals surface area contributed by atoms with E-state index in [1.807, 2.05) is 0 Å². The van der Waals surface area contributed by atoms with Gasteiger partial charge in [0.1, 0.15) is 0 Å². The van der Waals surface area contributed by atoms with Crippen LogP contribution in [-0.4, -0.2) is 24.6 Å². The van der Waals surface area contributed by atoms with Gasteiger partial charge < -0.3 is 10.5 Å². The average Bonchev–Trinajstić information content (AvgIpc) is 2.05. The molecule has 0 bridgehead atoms. The predicted molar refractivity (Wildman–Crippen MR) is 54.5 cm³/mol. The van der Waals surface area contributed by atoms with E-state index < -0.39 is 0 Å². The van der Waals surface area contributed by atoms with Crippen LogP contribution in [0.3, 0.4) is 0 Å². The lowest BCUT2D eigenvalue weighted by atomic mass is 9.85. The Kier molecular flexibility index (Phi) is 4.54. The maximum Gasteiger partial charge on any atom is 0.0696 e. The molecule has 12 heavy (non-hydrogen) atoms. The molecular formula is C9H18BrNO. The highest BCUT2D eigenvalue weighted by Gasteiger charge is 2.27. The number of rotatable bonds is 3. The van der Waals surface area contributed by atoms with Crippen molar-refractivity contribution in [3.05, 3.63) is 0 Å². The fraction of sp³-hybridized carbons (Fsp3) is 1.00. The normalized spacial score (nSPS) is 36.8. The van der Waals surface area contributed by atoms with E-state index in [9.17, 15) is 0 Å². The number of nitrogens with two attached hydrogens (primary N) is 1. The molecule has 72 valence electrons. The molecule has 0 heterocycles. The molecule has 0 amide bonds. The molecule has 3 heteroatoms. The summed E-state index contributed by atoms with van der Waals surface area (Å²) in [4.78, 5) is 0.535. The Morgan fingerprint density at radius 3 is 2.75 bits per heavy atom. The lowest BCUT2D eigenvalue weighted by molar-refractivity contribution is 0.0634. The van der Waals surface area contributed by atoms with Crippen molar-refractivity contribution in [2.24, 2.45) is 11.7 Å². The van der Waals surface area contributed by atoms with E-state index in [2.05, 4.69) is 15.9 Å². The molecule has 0 spiro atoms. The fourth-order valence-electron chi connectivity index (χ4n) is 1.93. The van der Waals surface area contributed by atoms with Gasteiger partial charge >= 0.3 is 0 Å². The molecule has 0 aromatic heterocycles. The summed E-state index contributed by atoms with van der Waals surface area (Å²) in [5, 5.41) is 0. The molecule has 2 N–H and O–H groups in total. The third-order valence-corrected chi connectivity index (χ3v) is 3.66. The quantitative estimate of drug-likeness (QED) is 0.760. The standard InChI is InChI=1S/C9H18BrNO/c1-12-9-3-2-7(4-5-11)6-8(9)10/h7-9H,2-6,11H2,1H3. The van der Waals surface area contributed by atoms with Crippen molar-refractivity contribution in [2.75, 3.05) is 13.7 Å². The zero-order valence-electron chi connectivity index (χ0n) is 7.63. The molecule has 1 aliphatic rings. The lowest BCUT2D eigenvalue weighted by Gasteiger charge is -2.31. The first-order valence-corrected chi connectivity index (χ1v) is 5.56. The number of hydrogen-bond donors (Lipinski definition) is 1. The van der Waals surface area contributed by atoms with Crippen LogP contribution in [0.1, 0.15) is 25.7 Å². The maximum atomic E-state index is 5.53. The Hall–Kier alpha value is 0.400. The monoisotopic (exact) mass is 235 g/mol. The molecule has 0 radical (unpaired) electrons. The number of methoxy groups -OCH3 is 1. The number of halogens is 1. The van der Waals surface area contributed by atoms with Crippen molar-refractivity contribution in [3.8, 4) is 0 Å². The Balaban J connectivity index is 2.30. The van der Waals surface area contributed by atoms with Crippen molar-refractivity contribution in [1.29, 1.82) is 0 Å². The first-order chi connectivity index (χ1) is 5.77. The number of ether oxygens (including phenoxy) is 1. The minimum Gasteiger partial charge on any atom is -0.380 e. The van der Waals surface area contributed by atoms with Crippen molar-refractivity contribution in [1.82, 2.24) is 0 Å². The van der Waals surface area contributed by atoms with Gasteiger partial charge in [0, 0.05) is 11.9 Å².